The highest BCUT2D eigenvalue weighted by molar-refractivity contribution is 5.89. The number of para-hydroxylation sites is 1. The van der Waals surface area contributed by atoms with Gasteiger partial charge in [-0.1, -0.05) is 37.5 Å². The molecular formula is C15H18N2. The molecule has 1 fully saturated rings. The van der Waals surface area contributed by atoms with Crippen LogP contribution in [0.2, 0.25) is 0 Å². The van der Waals surface area contributed by atoms with E-state index in [0.29, 0.717) is 5.92 Å². The molecule has 17 heavy (non-hydrogen) atoms. The van der Waals surface area contributed by atoms with Crippen LogP contribution in [0.5, 0.6) is 0 Å². The Bertz CT molecular complexity index is 527. The van der Waals surface area contributed by atoms with Gasteiger partial charge in [-0.05, 0) is 25.0 Å². The number of nitrogen functional groups attached to an aromatic ring is 1. The molecule has 0 saturated heterocycles. The summed E-state index contributed by atoms with van der Waals surface area (Å²) in [5, 5.41) is 1.14. The monoisotopic (exact) mass is 226 g/mol. The number of aromatic nitrogens is 1. The third-order valence-corrected chi connectivity index (χ3v) is 3.80. The van der Waals surface area contributed by atoms with Gasteiger partial charge in [0.15, 0.2) is 0 Å². The maximum Gasteiger partial charge on any atom is 0.0934 e. The van der Waals surface area contributed by atoms with Crippen LogP contribution in [-0.4, -0.2) is 4.98 Å². The quantitative estimate of drug-likeness (QED) is 0.750. The highest BCUT2D eigenvalue weighted by Gasteiger charge is 2.17. The fourth-order valence-corrected chi connectivity index (χ4v) is 2.81. The van der Waals surface area contributed by atoms with Crippen LogP contribution in [0, 0.1) is 0 Å². The van der Waals surface area contributed by atoms with E-state index in [1.54, 1.807) is 0 Å². The van der Waals surface area contributed by atoms with Crippen molar-refractivity contribution in [1.82, 2.24) is 4.98 Å². The molecule has 0 unspecified atom stereocenters. The summed E-state index contributed by atoms with van der Waals surface area (Å²) in [6.45, 7) is 0. The van der Waals surface area contributed by atoms with Crippen LogP contribution in [0.15, 0.2) is 30.3 Å². The van der Waals surface area contributed by atoms with Crippen molar-refractivity contribution in [3.05, 3.63) is 36.0 Å². The molecule has 2 nitrogen and oxygen atoms in total. The molecule has 88 valence electrons. The van der Waals surface area contributed by atoms with E-state index >= 15 is 0 Å². The molecule has 2 aromatic rings. The molecular weight excluding hydrogens is 208 g/mol. The number of hydrogen-bond donors (Lipinski definition) is 1. The van der Waals surface area contributed by atoms with Crippen LogP contribution in [0.1, 0.15) is 43.7 Å². The summed E-state index contributed by atoms with van der Waals surface area (Å²) >= 11 is 0. The molecule has 0 spiro atoms. The number of anilines is 1. The minimum atomic E-state index is 0.646. The topological polar surface area (TPSA) is 38.9 Å². The van der Waals surface area contributed by atoms with Gasteiger partial charge in [0.1, 0.15) is 0 Å². The number of fused-ring (bicyclic) bond motifs is 1. The van der Waals surface area contributed by atoms with Crippen LogP contribution >= 0.6 is 0 Å². The van der Waals surface area contributed by atoms with Crippen molar-refractivity contribution in [3.63, 3.8) is 0 Å². The lowest BCUT2D eigenvalue weighted by atomic mass is 9.86. The number of rotatable bonds is 1. The van der Waals surface area contributed by atoms with Crippen molar-refractivity contribution >= 4 is 16.6 Å². The zero-order chi connectivity index (χ0) is 11.7. The molecule has 1 aromatic carbocycles. The third kappa shape index (κ3) is 1.99. The smallest absolute Gasteiger partial charge is 0.0934 e. The van der Waals surface area contributed by atoms with Gasteiger partial charge in [0.05, 0.1) is 11.2 Å². The Balaban J connectivity index is 2.03. The molecule has 0 radical (unpaired) electrons. The zero-order valence-electron chi connectivity index (χ0n) is 10.0. The maximum atomic E-state index is 5.99. The van der Waals surface area contributed by atoms with Crippen molar-refractivity contribution < 1.29 is 0 Å². The summed E-state index contributed by atoms with van der Waals surface area (Å²) in [5.41, 5.74) is 8.98. The first kappa shape index (κ1) is 10.6. The number of hydrogen-bond acceptors (Lipinski definition) is 2. The van der Waals surface area contributed by atoms with Gasteiger partial charge >= 0.3 is 0 Å². The van der Waals surface area contributed by atoms with Crippen molar-refractivity contribution in [2.75, 3.05) is 5.73 Å². The molecule has 1 aliphatic rings. The maximum absolute atomic E-state index is 5.99. The highest BCUT2D eigenvalue weighted by atomic mass is 14.7. The molecule has 1 aliphatic carbocycles. The lowest BCUT2D eigenvalue weighted by Gasteiger charge is -2.21. The predicted octanol–water partition coefficient (Wildman–Crippen LogP) is 3.86. The zero-order valence-corrected chi connectivity index (χ0v) is 10.0. The number of nitrogens with two attached hydrogens (primary N) is 1. The number of pyridine rings is 1. The standard InChI is InChI=1S/C15H18N2/c16-13-8-4-7-12-9-10-14(17-15(12)13)11-5-2-1-3-6-11/h4,7-11H,1-3,5-6,16H2. The fourth-order valence-electron chi connectivity index (χ4n) is 2.81. The van der Waals surface area contributed by atoms with E-state index in [2.05, 4.69) is 18.2 Å². The van der Waals surface area contributed by atoms with Crippen molar-refractivity contribution in [3.8, 4) is 0 Å². The lowest BCUT2D eigenvalue weighted by molar-refractivity contribution is 0.437. The van der Waals surface area contributed by atoms with Crippen molar-refractivity contribution in [2.45, 2.75) is 38.0 Å². The summed E-state index contributed by atoms with van der Waals surface area (Å²) < 4.78 is 0. The minimum Gasteiger partial charge on any atom is -0.397 e. The molecule has 2 heteroatoms. The summed E-state index contributed by atoms with van der Waals surface area (Å²) in [5.74, 6) is 0.646. The average molecular weight is 226 g/mol. The number of benzene rings is 1. The van der Waals surface area contributed by atoms with Crippen LogP contribution in [0.25, 0.3) is 10.9 Å². The first-order chi connectivity index (χ1) is 8.34. The fraction of sp³-hybridized carbons (Fsp3) is 0.400. The Labute approximate surface area is 102 Å². The van der Waals surface area contributed by atoms with Gasteiger partial charge in [-0.2, -0.15) is 0 Å². The van der Waals surface area contributed by atoms with Gasteiger partial charge in [-0.25, -0.2) is 0 Å². The van der Waals surface area contributed by atoms with Crippen molar-refractivity contribution in [1.29, 1.82) is 0 Å². The Morgan fingerprint density at radius 1 is 1.00 bits per heavy atom. The Morgan fingerprint density at radius 2 is 1.82 bits per heavy atom. The molecule has 1 heterocycles. The van der Waals surface area contributed by atoms with E-state index in [-0.39, 0.29) is 0 Å². The van der Waals surface area contributed by atoms with Gasteiger partial charge in [0, 0.05) is 17.0 Å². The van der Waals surface area contributed by atoms with Crippen LogP contribution in [0.3, 0.4) is 0 Å². The predicted molar refractivity (Wildman–Crippen MR) is 72.0 cm³/mol. The first-order valence-corrected chi connectivity index (χ1v) is 6.50. The van der Waals surface area contributed by atoms with Gasteiger partial charge in [0.2, 0.25) is 0 Å². The van der Waals surface area contributed by atoms with E-state index < -0.39 is 0 Å². The summed E-state index contributed by atoms with van der Waals surface area (Å²) in [6, 6.07) is 10.3. The Morgan fingerprint density at radius 3 is 2.65 bits per heavy atom. The van der Waals surface area contributed by atoms with Gasteiger partial charge < -0.3 is 5.73 Å². The molecule has 3 rings (SSSR count). The average Bonchev–Trinajstić information content (AvgIpc) is 2.40. The summed E-state index contributed by atoms with van der Waals surface area (Å²) in [7, 11) is 0. The molecule has 0 amide bonds. The molecule has 0 atom stereocenters. The van der Waals surface area contributed by atoms with E-state index in [1.807, 2.05) is 12.1 Å². The SMILES string of the molecule is Nc1cccc2ccc(C3CCCCC3)nc12. The Kier molecular flexibility index (Phi) is 2.71. The first-order valence-electron chi connectivity index (χ1n) is 6.50. The Hall–Kier alpha value is -1.57. The summed E-state index contributed by atoms with van der Waals surface area (Å²) in [6.07, 6.45) is 6.63. The van der Waals surface area contributed by atoms with E-state index in [1.165, 1.54) is 37.8 Å². The van der Waals surface area contributed by atoms with E-state index in [4.69, 9.17) is 10.7 Å². The van der Waals surface area contributed by atoms with Crippen LogP contribution < -0.4 is 5.73 Å². The molecule has 1 aromatic heterocycles. The van der Waals surface area contributed by atoms with Gasteiger partial charge in [-0.15, -0.1) is 0 Å². The van der Waals surface area contributed by atoms with Gasteiger partial charge in [-0.3, -0.25) is 4.98 Å². The molecule has 0 bridgehead atoms. The second kappa shape index (κ2) is 4.36. The van der Waals surface area contributed by atoms with E-state index in [9.17, 15) is 0 Å². The number of nitrogens with zero attached hydrogens (tertiary/aromatic N) is 1. The second-order valence-electron chi connectivity index (χ2n) is 4.99. The second-order valence-corrected chi connectivity index (χ2v) is 4.99. The van der Waals surface area contributed by atoms with E-state index in [0.717, 1.165) is 16.6 Å². The normalized spacial score (nSPS) is 17.4. The van der Waals surface area contributed by atoms with Crippen LogP contribution in [0.4, 0.5) is 5.69 Å². The minimum absolute atomic E-state index is 0.646. The molecule has 1 saturated carbocycles. The third-order valence-electron chi connectivity index (χ3n) is 3.80. The molecule has 2 N–H and O–H groups in total. The van der Waals surface area contributed by atoms with Gasteiger partial charge in [0.25, 0.3) is 0 Å². The van der Waals surface area contributed by atoms with Crippen LogP contribution in [-0.2, 0) is 0 Å². The molecule has 0 aliphatic heterocycles. The summed E-state index contributed by atoms with van der Waals surface area (Å²) in [4.78, 5) is 4.77. The van der Waals surface area contributed by atoms with Crippen molar-refractivity contribution in [2.24, 2.45) is 0 Å². The highest BCUT2D eigenvalue weighted by Crippen LogP contribution is 2.32. The largest absolute Gasteiger partial charge is 0.397 e. The lowest BCUT2D eigenvalue weighted by Crippen LogP contribution is -2.06.